The summed E-state index contributed by atoms with van der Waals surface area (Å²) in [4.78, 5) is 26.1. The fourth-order valence-corrected chi connectivity index (χ4v) is 3.32. The van der Waals surface area contributed by atoms with Gasteiger partial charge in [-0.3, -0.25) is 10.1 Å². The third-order valence-corrected chi connectivity index (χ3v) is 5.05. The number of rotatable bonds is 7. The van der Waals surface area contributed by atoms with Gasteiger partial charge in [-0.25, -0.2) is 5.43 Å². The van der Waals surface area contributed by atoms with Crippen molar-refractivity contribution in [2.24, 2.45) is 5.10 Å². The number of nitro groups is 1. The van der Waals surface area contributed by atoms with Crippen molar-refractivity contribution in [3.05, 3.63) is 69.8 Å². The highest BCUT2D eigenvalue weighted by Crippen LogP contribution is 2.22. The minimum absolute atomic E-state index is 0.0213. The van der Waals surface area contributed by atoms with Crippen molar-refractivity contribution in [3.63, 3.8) is 0 Å². The molecule has 2 aromatic carbocycles. The van der Waals surface area contributed by atoms with Gasteiger partial charge in [-0.05, 0) is 43.9 Å². The molecule has 0 atom stereocenters. The second kappa shape index (κ2) is 9.82. The van der Waals surface area contributed by atoms with E-state index >= 15 is 0 Å². The third kappa shape index (κ3) is 5.54. The maximum absolute atomic E-state index is 10.9. The molecule has 1 fully saturated rings. The molecule has 0 radical (unpaired) electrons. The first-order valence-electron chi connectivity index (χ1n) is 10.4. The Morgan fingerprint density at radius 2 is 1.66 bits per heavy atom. The first-order chi connectivity index (χ1) is 15.6. The molecule has 164 valence electrons. The summed E-state index contributed by atoms with van der Waals surface area (Å²) in [7, 11) is 0. The number of non-ortho nitro benzene ring substituents is 1. The number of hydrogen-bond donors (Lipinski definition) is 2. The Balaban J connectivity index is 1.55. The standard InChI is InChI=1S/C22H24N8O2/c1-16-5-7-17(8-6-16)15-23-28-21-25-20(24-18-9-11-19(12-10-18)30(31)32)26-22(27-21)29-13-3-2-4-14-29/h5-12,15H,2-4,13-14H2,1H3,(H2,24,25,26,27,28)/b23-15+. The number of benzene rings is 2. The van der Waals surface area contributed by atoms with Crippen LogP contribution in [0.2, 0.25) is 0 Å². The number of piperidine rings is 1. The molecular formula is C22H24N8O2. The molecule has 10 heteroatoms. The highest BCUT2D eigenvalue weighted by Gasteiger charge is 2.16. The molecule has 10 nitrogen and oxygen atoms in total. The smallest absolute Gasteiger partial charge is 0.269 e. The van der Waals surface area contributed by atoms with E-state index in [1.54, 1.807) is 18.3 Å². The van der Waals surface area contributed by atoms with Gasteiger partial charge in [0.1, 0.15) is 0 Å². The molecule has 1 saturated heterocycles. The Morgan fingerprint density at radius 3 is 2.34 bits per heavy atom. The number of nitrogens with one attached hydrogen (secondary N) is 2. The van der Waals surface area contributed by atoms with Gasteiger partial charge < -0.3 is 10.2 Å². The molecule has 4 rings (SSSR count). The number of nitro benzene ring substituents is 1. The maximum Gasteiger partial charge on any atom is 0.269 e. The quantitative estimate of drug-likeness (QED) is 0.322. The molecule has 32 heavy (non-hydrogen) atoms. The maximum atomic E-state index is 10.9. The van der Waals surface area contributed by atoms with E-state index in [2.05, 4.69) is 35.7 Å². The van der Waals surface area contributed by atoms with Gasteiger partial charge in [0.05, 0.1) is 11.1 Å². The largest absolute Gasteiger partial charge is 0.341 e. The molecule has 2 N–H and O–H groups in total. The lowest BCUT2D eigenvalue weighted by Crippen LogP contribution is -2.31. The second-order valence-electron chi connectivity index (χ2n) is 7.54. The zero-order chi connectivity index (χ0) is 22.3. The van der Waals surface area contributed by atoms with E-state index in [9.17, 15) is 10.1 Å². The summed E-state index contributed by atoms with van der Waals surface area (Å²) in [6, 6.07) is 14.1. The van der Waals surface area contributed by atoms with E-state index in [1.165, 1.54) is 24.1 Å². The Labute approximate surface area is 185 Å². The van der Waals surface area contributed by atoms with Crippen LogP contribution in [-0.2, 0) is 0 Å². The fraction of sp³-hybridized carbons (Fsp3) is 0.273. The second-order valence-corrected chi connectivity index (χ2v) is 7.54. The van der Waals surface area contributed by atoms with Crippen LogP contribution in [0, 0.1) is 17.0 Å². The number of anilines is 4. The van der Waals surface area contributed by atoms with Crippen molar-refractivity contribution in [3.8, 4) is 0 Å². The van der Waals surface area contributed by atoms with Crippen molar-refractivity contribution in [2.45, 2.75) is 26.2 Å². The van der Waals surface area contributed by atoms with Gasteiger partial charge in [0.2, 0.25) is 17.8 Å². The highest BCUT2D eigenvalue weighted by molar-refractivity contribution is 5.80. The summed E-state index contributed by atoms with van der Waals surface area (Å²) in [5, 5.41) is 18.2. The molecule has 2 heterocycles. The predicted octanol–water partition coefficient (Wildman–Crippen LogP) is 4.27. The van der Waals surface area contributed by atoms with Crippen LogP contribution < -0.4 is 15.6 Å². The van der Waals surface area contributed by atoms with Crippen LogP contribution in [0.1, 0.15) is 30.4 Å². The Morgan fingerprint density at radius 1 is 0.969 bits per heavy atom. The molecule has 1 aliphatic rings. The van der Waals surface area contributed by atoms with Crippen molar-refractivity contribution in [2.75, 3.05) is 28.7 Å². The number of hydrogen-bond acceptors (Lipinski definition) is 9. The Bertz CT molecular complexity index is 1090. The molecule has 0 amide bonds. The van der Waals surface area contributed by atoms with Gasteiger partial charge in [-0.15, -0.1) is 0 Å². The van der Waals surface area contributed by atoms with Crippen molar-refractivity contribution in [1.82, 2.24) is 15.0 Å². The normalized spacial score (nSPS) is 13.8. The predicted molar refractivity (Wildman–Crippen MR) is 125 cm³/mol. The lowest BCUT2D eigenvalue weighted by atomic mass is 10.1. The Hall–Kier alpha value is -4.08. The van der Waals surface area contributed by atoms with Crippen LogP contribution in [0.25, 0.3) is 0 Å². The first kappa shape index (κ1) is 21.2. The summed E-state index contributed by atoms with van der Waals surface area (Å²) in [6.45, 7) is 3.80. The summed E-state index contributed by atoms with van der Waals surface area (Å²) < 4.78 is 0. The number of aryl methyl sites for hydroxylation is 1. The van der Waals surface area contributed by atoms with E-state index in [1.807, 2.05) is 31.2 Å². The van der Waals surface area contributed by atoms with Gasteiger partial charge in [0, 0.05) is 30.9 Å². The minimum atomic E-state index is -0.435. The molecule has 1 aliphatic heterocycles. The van der Waals surface area contributed by atoms with E-state index in [-0.39, 0.29) is 5.69 Å². The van der Waals surface area contributed by atoms with Crippen molar-refractivity contribution < 1.29 is 4.92 Å². The average Bonchev–Trinajstić information content (AvgIpc) is 2.81. The molecular weight excluding hydrogens is 408 g/mol. The molecule has 0 saturated carbocycles. The van der Waals surface area contributed by atoms with E-state index in [0.717, 1.165) is 31.5 Å². The van der Waals surface area contributed by atoms with E-state index in [0.29, 0.717) is 23.5 Å². The molecule has 1 aromatic heterocycles. The summed E-state index contributed by atoms with van der Waals surface area (Å²) >= 11 is 0. The SMILES string of the molecule is Cc1ccc(/C=N/Nc2nc(Nc3ccc([N+](=O)[O-])cc3)nc(N3CCCCC3)n2)cc1. The fourth-order valence-electron chi connectivity index (χ4n) is 3.32. The van der Waals surface area contributed by atoms with Crippen LogP contribution in [0.4, 0.5) is 29.2 Å². The first-order valence-corrected chi connectivity index (χ1v) is 10.4. The van der Waals surface area contributed by atoms with Crippen LogP contribution in [0.15, 0.2) is 53.6 Å². The van der Waals surface area contributed by atoms with E-state index in [4.69, 9.17) is 0 Å². The number of aromatic nitrogens is 3. The van der Waals surface area contributed by atoms with Gasteiger partial charge in [0.15, 0.2) is 0 Å². The van der Waals surface area contributed by atoms with Gasteiger partial charge in [0.25, 0.3) is 5.69 Å². The van der Waals surface area contributed by atoms with Crippen LogP contribution in [0.3, 0.4) is 0 Å². The molecule has 0 bridgehead atoms. The average molecular weight is 432 g/mol. The Kier molecular flexibility index (Phi) is 6.49. The number of nitrogens with zero attached hydrogens (tertiary/aromatic N) is 6. The minimum Gasteiger partial charge on any atom is -0.341 e. The third-order valence-electron chi connectivity index (χ3n) is 5.05. The van der Waals surface area contributed by atoms with Crippen LogP contribution >= 0.6 is 0 Å². The van der Waals surface area contributed by atoms with Crippen LogP contribution in [-0.4, -0.2) is 39.2 Å². The van der Waals surface area contributed by atoms with Gasteiger partial charge in [-0.1, -0.05) is 29.8 Å². The topological polar surface area (TPSA) is 121 Å². The monoisotopic (exact) mass is 432 g/mol. The highest BCUT2D eigenvalue weighted by atomic mass is 16.6. The van der Waals surface area contributed by atoms with E-state index < -0.39 is 4.92 Å². The molecule has 0 aliphatic carbocycles. The molecule has 0 unspecified atom stereocenters. The molecule has 0 spiro atoms. The number of hydrazone groups is 1. The zero-order valence-electron chi connectivity index (χ0n) is 17.7. The summed E-state index contributed by atoms with van der Waals surface area (Å²) in [6.07, 6.45) is 5.07. The van der Waals surface area contributed by atoms with Gasteiger partial charge >= 0.3 is 0 Å². The lowest BCUT2D eigenvalue weighted by Gasteiger charge is -2.26. The molecule has 3 aromatic rings. The van der Waals surface area contributed by atoms with Crippen LogP contribution in [0.5, 0.6) is 0 Å². The zero-order valence-corrected chi connectivity index (χ0v) is 17.7. The van der Waals surface area contributed by atoms with Gasteiger partial charge in [-0.2, -0.15) is 20.1 Å². The van der Waals surface area contributed by atoms with Crippen molar-refractivity contribution in [1.29, 1.82) is 0 Å². The van der Waals surface area contributed by atoms with Crippen molar-refractivity contribution >= 4 is 35.4 Å². The summed E-state index contributed by atoms with van der Waals surface area (Å²) in [5.41, 5.74) is 5.69. The summed E-state index contributed by atoms with van der Waals surface area (Å²) in [5.74, 6) is 1.22. The lowest BCUT2D eigenvalue weighted by molar-refractivity contribution is -0.384.